The van der Waals surface area contributed by atoms with E-state index in [1.54, 1.807) is 0 Å². The summed E-state index contributed by atoms with van der Waals surface area (Å²) in [6, 6.07) is 0. The van der Waals surface area contributed by atoms with Crippen LogP contribution in [0.25, 0.3) is 20.9 Å². The molecular weight excluding hydrogens is 612 g/mol. The molecule has 0 N–H and O–H groups in total. The number of carbonyl (C=O) groups is 2. The molecule has 0 fully saturated rings. The van der Waals surface area contributed by atoms with E-state index in [4.69, 9.17) is 25.3 Å². The summed E-state index contributed by atoms with van der Waals surface area (Å²) in [5.41, 5.74) is 9.86. The Labute approximate surface area is 234 Å². The van der Waals surface area contributed by atoms with E-state index in [-0.39, 0.29) is 39.6 Å². The van der Waals surface area contributed by atoms with Gasteiger partial charge >= 0.3 is 11.9 Å². The minimum absolute atomic E-state index is 0.0334. The fourth-order valence-corrected chi connectivity index (χ4v) is 2.94. The van der Waals surface area contributed by atoms with E-state index in [0.29, 0.717) is 0 Å². The molecule has 232 valence electrons. The van der Waals surface area contributed by atoms with Gasteiger partial charge in [0.05, 0.1) is 39.6 Å². The number of azide groups is 2. The number of hydrogen-bond acceptors (Lipinski definition) is 9. The second-order valence-corrected chi connectivity index (χ2v) is 7.45. The van der Waals surface area contributed by atoms with Crippen LogP contribution in [0.3, 0.4) is 0 Å². The third-order valence-corrected chi connectivity index (χ3v) is 4.84. The van der Waals surface area contributed by atoms with Crippen molar-refractivity contribution >= 4 is 23.3 Å². The molecule has 2 aromatic rings. The highest BCUT2D eigenvalue weighted by atomic mass is 19.2. The molecule has 0 amide bonds. The molecule has 21 heteroatoms. The van der Waals surface area contributed by atoms with Gasteiger partial charge in [-0.15, -0.1) is 0 Å². The van der Waals surface area contributed by atoms with Crippen LogP contribution in [-0.4, -0.2) is 64.8 Å². The first-order valence-corrected chi connectivity index (χ1v) is 11.4. The maximum atomic E-state index is 13.9. The quantitative estimate of drug-likeness (QED) is 0.0432. The highest BCUT2D eigenvalue weighted by Gasteiger charge is 2.31. The van der Waals surface area contributed by atoms with Gasteiger partial charge in [0, 0.05) is 9.82 Å². The SMILES string of the molecule is [N-]=[N+]=Nc1c(F)c(F)c(C(=O)OCCOCCOCCOCCOC(=O)c2c(F)c(F)c(N=[N+]=[N-])c(F)c2F)c(F)c1F. The molecule has 0 radical (unpaired) electrons. The number of halogens is 8. The second kappa shape index (κ2) is 16.7. The monoisotopic (exact) mass is 628 g/mol. The van der Waals surface area contributed by atoms with Crippen molar-refractivity contribution in [2.24, 2.45) is 10.2 Å². The molecule has 0 saturated heterocycles. The van der Waals surface area contributed by atoms with Crippen LogP contribution in [0.2, 0.25) is 0 Å². The van der Waals surface area contributed by atoms with Gasteiger partial charge in [-0.2, -0.15) is 0 Å². The summed E-state index contributed by atoms with van der Waals surface area (Å²) in [5, 5.41) is 4.97. The van der Waals surface area contributed by atoms with Gasteiger partial charge in [-0.1, -0.05) is 10.2 Å². The summed E-state index contributed by atoms with van der Waals surface area (Å²) in [7, 11) is 0. The highest BCUT2D eigenvalue weighted by molar-refractivity contribution is 5.91. The van der Waals surface area contributed by atoms with Crippen molar-refractivity contribution in [3.05, 3.63) is 78.6 Å². The summed E-state index contributed by atoms with van der Waals surface area (Å²) >= 11 is 0. The van der Waals surface area contributed by atoms with Crippen LogP contribution in [0.5, 0.6) is 0 Å². The maximum absolute atomic E-state index is 13.9. The Kier molecular flexibility index (Phi) is 13.4. The lowest BCUT2D eigenvalue weighted by Crippen LogP contribution is -2.18. The summed E-state index contributed by atoms with van der Waals surface area (Å²) < 4.78 is 135. The lowest BCUT2D eigenvalue weighted by atomic mass is 10.1. The smallest absolute Gasteiger partial charge is 0.344 e. The van der Waals surface area contributed by atoms with Gasteiger partial charge in [-0.3, -0.25) is 0 Å². The molecule has 2 rings (SSSR count). The van der Waals surface area contributed by atoms with Crippen LogP contribution in [0, 0.1) is 46.5 Å². The first-order chi connectivity index (χ1) is 20.5. The third-order valence-electron chi connectivity index (χ3n) is 4.84. The topological polar surface area (TPSA) is 178 Å². The second-order valence-electron chi connectivity index (χ2n) is 7.45. The maximum Gasteiger partial charge on any atom is 0.344 e. The number of carbonyl (C=O) groups excluding carboxylic acids is 2. The molecule has 0 aromatic heterocycles. The number of esters is 2. The fraction of sp³-hybridized carbons (Fsp3) is 0.364. The van der Waals surface area contributed by atoms with E-state index in [0.717, 1.165) is 0 Å². The molecule has 43 heavy (non-hydrogen) atoms. The molecule has 0 spiro atoms. The number of hydrogen-bond donors (Lipinski definition) is 0. The van der Waals surface area contributed by atoms with Gasteiger partial charge in [0.2, 0.25) is 0 Å². The Hall–Kier alpha value is -4.68. The van der Waals surface area contributed by atoms with Crippen LogP contribution >= 0.6 is 0 Å². The van der Waals surface area contributed by atoms with Crippen molar-refractivity contribution in [2.75, 3.05) is 52.9 Å². The van der Waals surface area contributed by atoms with Gasteiger partial charge in [-0.05, 0) is 11.1 Å². The summed E-state index contributed by atoms with van der Waals surface area (Å²) in [5.74, 6) is -20.3. The summed E-state index contributed by atoms with van der Waals surface area (Å²) in [4.78, 5) is 27.7. The van der Waals surface area contributed by atoms with E-state index in [2.05, 4.69) is 19.7 Å². The lowest BCUT2D eigenvalue weighted by Gasteiger charge is -2.10. The van der Waals surface area contributed by atoms with Crippen molar-refractivity contribution in [1.29, 1.82) is 0 Å². The molecule has 0 aliphatic heterocycles. The van der Waals surface area contributed by atoms with Crippen LogP contribution in [0.4, 0.5) is 46.5 Å². The van der Waals surface area contributed by atoms with Gasteiger partial charge in [0.15, 0.2) is 46.5 Å². The molecule has 13 nitrogen and oxygen atoms in total. The Morgan fingerprint density at radius 1 is 0.488 bits per heavy atom. The van der Waals surface area contributed by atoms with E-state index in [1.807, 2.05) is 9.82 Å². The zero-order chi connectivity index (χ0) is 32.1. The Bertz CT molecular complexity index is 1300. The summed E-state index contributed by atoms with van der Waals surface area (Å²) in [6.45, 7) is -2.01. The average molecular weight is 628 g/mol. The molecule has 0 aliphatic carbocycles. The zero-order valence-electron chi connectivity index (χ0n) is 21.2. The van der Waals surface area contributed by atoms with E-state index < -0.39 is 94.2 Å². The molecule has 2 aromatic carbocycles. The largest absolute Gasteiger partial charge is 0.459 e. The van der Waals surface area contributed by atoms with Crippen LogP contribution in [0.15, 0.2) is 10.2 Å². The van der Waals surface area contributed by atoms with Gasteiger partial charge < -0.3 is 23.7 Å². The highest BCUT2D eigenvalue weighted by Crippen LogP contribution is 2.32. The Morgan fingerprint density at radius 2 is 0.744 bits per heavy atom. The molecule has 0 unspecified atom stereocenters. The first kappa shape index (κ1) is 34.5. The normalized spacial score (nSPS) is 10.6. The molecule has 0 atom stereocenters. The number of benzene rings is 2. The van der Waals surface area contributed by atoms with Gasteiger partial charge in [-0.25, -0.2) is 44.7 Å². The predicted molar refractivity (Wildman–Crippen MR) is 123 cm³/mol. The third kappa shape index (κ3) is 8.66. The summed E-state index contributed by atoms with van der Waals surface area (Å²) in [6.07, 6.45) is 0. The zero-order valence-corrected chi connectivity index (χ0v) is 21.2. The molecule has 0 heterocycles. The lowest BCUT2D eigenvalue weighted by molar-refractivity contribution is -0.00706. The van der Waals surface area contributed by atoms with Crippen molar-refractivity contribution < 1.29 is 68.4 Å². The standard InChI is InChI=1S/C22H16F8N6O7/c23-11-9(12(24)16(28)19(15(11)27)33-35-31)21(37)42-7-5-40-3-1-39-2-4-41-6-8-43-22(38)10-13(25)17(29)20(34-36-32)18(30)14(10)26/h1-8H2. The van der Waals surface area contributed by atoms with Crippen molar-refractivity contribution in [3.8, 4) is 0 Å². The van der Waals surface area contributed by atoms with Crippen LogP contribution < -0.4 is 0 Å². The number of rotatable bonds is 16. The molecule has 0 bridgehead atoms. The number of ether oxygens (including phenoxy) is 5. The van der Waals surface area contributed by atoms with Gasteiger partial charge in [0.25, 0.3) is 0 Å². The van der Waals surface area contributed by atoms with Crippen LogP contribution in [-0.2, 0) is 23.7 Å². The fourth-order valence-electron chi connectivity index (χ4n) is 2.94. The average Bonchev–Trinajstić information content (AvgIpc) is 2.98. The number of nitrogens with zero attached hydrogens (tertiary/aromatic N) is 6. The van der Waals surface area contributed by atoms with Crippen LogP contribution in [0.1, 0.15) is 20.7 Å². The minimum Gasteiger partial charge on any atom is -0.459 e. The van der Waals surface area contributed by atoms with Gasteiger partial charge in [0.1, 0.15) is 35.7 Å². The Balaban J connectivity index is 1.61. The van der Waals surface area contributed by atoms with Crippen molar-refractivity contribution in [2.45, 2.75) is 0 Å². The van der Waals surface area contributed by atoms with E-state index in [1.165, 1.54) is 0 Å². The first-order valence-electron chi connectivity index (χ1n) is 11.4. The van der Waals surface area contributed by atoms with Crippen molar-refractivity contribution in [3.63, 3.8) is 0 Å². The van der Waals surface area contributed by atoms with E-state index in [9.17, 15) is 44.7 Å². The Morgan fingerprint density at radius 3 is 1.00 bits per heavy atom. The van der Waals surface area contributed by atoms with Crippen molar-refractivity contribution in [1.82, 2.24) is 0 Å². The molecular formula is C22H16F8N6O7. The minimum atomic E-state index is -2.12. The van der Waals surface area contributed by atoms with E-state index >= 15 is 0 Å². The molecule has 0 saturated carbocycles. The molecule has 0 aliphatic rings. The predicted octanol–water partition coefficient (Wildman–Crippen LogP) is 5.75.